The molecule has 0 aromatic carbocycles. The molecule has 21 aliphatic rings. The molecule has 0 amide bonds. The first-order chi connectivity index (χ1) is 63.1. The van der Waals surface area contributed by atoms with Crippen molar-refractivity contribution in [3.8, 4) is 0 Å². The number of halogens is 1. The summed E-state index contributed by atoms with van der Waals surface area (Å²) in [6.45, 7) is 32.9. The van der Waals surface area contributed by atoms with E-state index in [0.717, 1.165) is 233 Å². The van der Waals surface area contributed by atoms with Gasteiger partial charge >= 0.3 is 0 Å². The fourth-order valence-electron chi connectivity index (χ4n) is 40.6. The lowest BCUT2D eigenvalue weighted by Gasteiger charge is -2.62. The molecule has 20 aliphatic carbocycles. The summed E-state index contributed by atoms with van der Waals surface area (Å²) in [5, 5.41) is 30.7. The van der Waals surface area contributed by atoms with Crippen LogP contribution in [0.25, 0.3) is 0 Å². The van der Waals surface area contributed by atoms with Gasteiger partial charge in [0.05, 0.1) is 47.2 Å². The van der Waals surface area contributed by atoms with Crippen molar-refractivity contribution in [2.75, 3.05) is 11.9 Å². The smallest absolute Gasteiger partial charge is 0.156 e. The predicted octanol–water partition coefficient (Wildman–Crippen LogP) is 26.2. The number of aliphatic hydroxyl groups is 3. The van der Waals surface area contributed by atoms with E-state index in [1.165, 1.54) is 122 Å². The fourth-order valence-corrected chi connectivity index (χ4v) is 40.9. The number of ketones is 6. The Bertz CT molecular complexity index is 4480. The maximum absolute atomic E-state index is 13.3. The molecule has 0 unspecified atom stereocenters. The Morgan fingerprint density at radius 1 is 0.406 bits per heavy atom. The lowest BCUT2D eigenvalue weighted by molar-refractivity contribution is -0.154. The van der Waals surface area contributed by atoms with Gasteiger partial charge in [0.1, 0.15) is 28.9 Å². The van der Waals surface area contributed by atoms with E-state index in [4.69, 9.17) is 14.3 Å². The van der Waals surface area contributed by atoms with E-state index in [2.05, 4.69) is 104 Å². The average Bonchev–Trinajstić information content (AvgIpc) is 1.57. The summed E-state index contributed by atoms with van der Waals surface area (Å²) < 4.78 is 64.7. The minimum absolute atomic E-state index is 0.181. The number of aromatic nitrogens is 2. The molecule has 1 spiro atoms. The predicted molar refractivity (Wildman–Crippen MR) is 514 cm³/mol. The van der Waals surface area contributed by atoms with E-state index < -0.39 is 63.1 Å². The average molecular weight is 1840 g/mol. The highest BCUT2D eigenvalue weighted by Gasteiger charge is 2.70. The Balaban J connectivity index is 0.000000113. The molecule has 3 N–H and O–H groups in total. The summed E-state index contributed by atoms with van der Waals surface area (Å²) in [5.74, 6) is 11.9. The van der Waals surface area contributed by atoms with E-state index in [0.29, 0.717) is 141 Å². The van der Waals surface area contributed by atoms with Gasteiger partial charge in [-0.25, -0.2) is 4.98 Å². The number of carbonyl (C=O) groups excluding carboxylic acids is 6. The first kappa shape index (κ1) is 87.1. The Labute approximate surface area is 794 Å². The molecular weight excluding hydrogens is 1650 g/mol. The first-order valence-electron chi connectivity index (χ1n) is 57.8. The van der Waals surface area contributed by atoms with Crippen LogP contribution < -0.4 is 0 Å². The molecule has 39 atom stereocenters. The zero-order valence-corrected chi connectivity index (χ0v) is 84.4. The largest absolute Gasteiger partial charge is 0.390 e. The van der Waals surface area contributed by atoms with E-state index in [-0.39, 0.29) is 33.5 Å². The third-order valence-corrected chi connectivity index (χ3v) is 49.1. The van der Waals surface area contributed by atoms with Gasteiger partial charge in [0.15, 0.2) is 5.78 Å². The molecule has 21 fully saturated rings. The number of rotatable bonds is 11. The van der Waals surface area contributed by atoms with Crippen LogP contribution >= 0.6 is 15.9 Å². The number of ether oxygens (including phenoxy) is 1. The molecule has 12 nitrogen and oxygen atoms in total. The second-order valence-corrected chi connectivity index (χ2v) is 53.1. The van der Waals surface area contributed by atoms with Crippen LogP contribution in [0, 0.1) is 202 Å². The van der Waals surface area contributed by atoms with Crippen LogP contribution in [-0.2, 0) is 40.0 Å². The van der Waals surface area contributed by atoms with Crippen LogP contribution in [0.2, 0.25) is 0 Å². The van der Waals surface area contributed by atoms with Crippen LogP contribution in [0.5, 0.6) is 0 Å². The summed E-state index contributed by atoms with van der Waals surface area (Å²) in [7, 11) is 0. The van der Waals surface area contributed by atoms with Crippen molar-refractivity contribution in [3.63, 3.8) is 0 Å². The second-order valence-electron chi connectivity index (χ2n) is 52.7. The van der Waals surface area contributed by atoms with Crippen molar-refractivity contribution in [2.24, 2.45) is 202 Å². The van der Waals surface area contributed by atoms with Gasteiger partial charge in [-0.1, -0.05) is 106 Å². The molecule has 0 bridgehead atoms. The van der Waals surface area contributed by atoms with Gasteiger partial charge in [-0.05, 0) is 489 Å². The van der Waals surface area contributed by atoms with Crippen LogP contribution in [0.3, 0.4) is 0 Å². The molecule has 22 rings (SSSR count). The number of hydrogen-bond acceptors (Lipinski definition) is 11. The van der Waals surface area contributed by atoms with Crippen molar-refractivity contribution in [1.29, 1.82) is 0 Å². The van der Waals surface area contributed by atoms with Crippen LogP contribution in [-0.4, -0.2) is 93.9 Å². The molecule has 718 valence electrons. The minimum atomic E-state index is -2.69. The van der Waals surface area contributed by atoms with Gasteiger partial charge in [-0.15, -0.1) is 0 Å². The maximum Gasteiger partial charge on any atom is 0.156 e. The van der Waals surface area contributed by atoms with Gasteiger partial charge in [0, 0.05) is 64.4 Å². The number of hydrogen-bond donors (Lipinski definition) is 3. The van der Waals surface area contributed by atoms with Crippen LogP contribution in [0.15, 0.2) is 18.7 Å². The minimum Gasteiger partial charge on any atom is -0.390 e. The van der Waals surface area contributed by atoms with Crippen molar-refractivity contribution in [2.45, 2.75) is 448 Å². The molecular formula is C115H181BrN2O10. The Morgan fingerprint density at radius 3 is 1.12 bits per heavy atom. The van der Waals surface area contributed by atoms with Crippen LogP contribution in [0.4, 0.5) is 0 Å². The number of fused-ring (bicyclic) bond motifs is 25. The summed E-state index contributed by atoms with van der Waals surface area (Å²) in [4.78, 5) is 79.5. The second kappa shape index (κ2) is 34.9. The third-order valence-electron chi connectivity index (χ3n) is 48.7. The van der Waals surface area contributed by atoms with Crippen molar-refractivity contribution in [1.82, 2.24) is 9.55 Å². The molecule has 20 saturated carbocycles. The van der Waals surface area contributed by atoms with Crippen molar-refractivity contribution < 1.29 is 58.4 Å². The molecule has 128 heavy (non-hydrogen) atoms. The summed E-state index contributed by atoms with van der Waals surface area (Å²) in [6.07, 6.45) is 57.3. The van der Waals surface area contributed by atoms with Gasteiger partial charge in [0.25, 0.3) is 0 Å². The normalized spacial score (nSPS) is 55.5. The Kier molecular flexibility index (Phi) is 23.7. The number of Topliss-reactive ketones (excluding diaryl/α,β-unsaturated/α-hetero) is 6. The molecule has 1 aliphatic heterocycles. The summed E-state index contributed by atoms with van der Waals surface area (Å²) in [5.41, 5.74) is 0.523. The standard InChI is InChI=1S/C26H40N2O2.C23H37BrO2.C23H38O2.C22H34O2.C21H32O2/c1-4-26(30)12-11-24(2)18(15-26)5-6-19-20-7-8-22(25(20,3)10-9-21(19)24)23(29)16-28-14-13-27-17-28;1-4-23(26)12-11-21(2)15(13-23)5-6-16-17-7-8-19(20(25)14-24)22(17,3)10-9-18(16)21;1-5-23(25)13-12-21(3)16(14-23)6-7-17-19-9-8-18(15(2)24)22(19,4)11-10-20(17)21;1-14(23)17-6-7-18-16-5-4-15-12-22(13-24-22)11-10-20(15,2)19(16)8-9-21(17,18)3;1-13(22)17-6-7-18-16-5-4-14-12-15(23)8-10-20(14,2)19(16)9-11-21(17,18)3/h13-14,17-22,30H,4-12,15-16H2,1-3H3;15-19,26H,4-14H2,1-3H3;16-20,25H,5-14H2,1-4H3;15-19H,4-13H2,1-3H3;14,16-19H,4-12H2,1-3H3/t18-,19-,20-,21-,22+,24-,25-,26+;15-,16-,17-,18-,19+,21-,22-,23+;16-,17-,18+,19-,20-,21-,22+,23+;15-,16-,17+,18-,19-,20-,21+,22+;14-,16-,17+,18-,19-,20-,21+/m00000/s1/i;14D2,19D;2D3,18D;;. The van der Waals surface area contributed by atoms with Crippen LogP contribution in [0.1, 0.15) is 429 Å². The number of carbonyl (C=O) groups is 6. The molecule has 13 heteroatoms. The zero-order chi connectivity index (χ0) is 97.2. The van der Waals surface area contributed by atoms with E-state index in [1.807, 2.05) is 31.5 Å². The van der Waals surface area contributed by atoms with Gasteiger partial charge in [0.2, 0.25) is 0 Å². The highest BCUT2D eigenvalue weighted by Crippen LogP contribution is 2.76. The van der Waals surface area contributed by atoms with E-state index in [1.54, 1.807) is 12.5 Å². The Hall–Kier alpha value is -2.45. The summed E-state index contributed by atoms with van der Waals surface area (Å²) >= 11 is 2.91. The lowest BCUT2D eigenvalue weighted by atomic mass is 9.43. The molecule has 1 aromatic rings. The van der Waals surface area contributed by atoms with Crippen molar-refractivity contribution in [3.05, 3.63) is 18.7 Å². The fraction of sp³-hybridized carbons (Fsp3) is 0.922. The molecule has 0 radical (unpaired) electrons. The maximum atomic E-state index is 13.3. The van der Waals surface area contributed by atoms with Gasteiger partial charge in [-0.3, -0.25) is 28.8 Å². The third kappa shape index (κ3) is 15.8. The number of imidazole rings is 1. The Morgan fingerprint density at radius 2 is 0.742 bits per heavy atom. The van der Waals surface area contributed by atoms with Gasteiger partial charge in [-0.2, -0.15) is 0 Å². The monoisotopic (exact) mass is 1840 g/mol. The highest BCUT2D eigenvalue weighted by molar-refractivity contribution is 9.09. The van der Waals surface area contributed by atoms with Crippen molar-refractivity contribution >= 4 is 50.6 Å². The highest BCUT2D eigenvalue weighted by atomic mass is 79.9. The van der Waals surface area contributed by atoms with Gasteiger partial charge < -0.3 is 24.6 Å². The van der Waals surface area contributed by atoms with E-state index in [9.17, 15) is 44.1 Å². The topological polar surface area (TPSA) is 193 Å². The quantitative estimate of drug-likeness (QED) is 0.141. The molecule has 2 heterocycles. The number of epoxide rings is 1. The molecule has 1 aromatic heterocycles. The summed E-state index contributed by atoms with van der Waals surface area (Å²) in [6, 6.07) is 0. The zero-order valence-electron chi connectivity index (χ0n) is 89.8. The first-order valence-corrected chi connectivity index (χ1v) is 55.0. The SMILES string of the molecule is CC(=O)[C@H]1CC[C@H]2[C@@H]3CC[C@H]4CC(=O)CC[C@]4(C)[C@H]3CC[C@]12C.CC(=O)[C@H]1CC[C@H]2[C@@H]3CC[C@H]4C[C@]5(CC[C@]4(C)[C@H]3CC[C@]12C)CO5.CC[C@@]1(O)CC[C@@]2(C)[C@@H](CC[C@@H]3[C@@H]2CC[C@]2(C)[C@@H](C(=O)Cn4ccnc4)CC[C@@H]32)C1.[2H]C([2H])(Br)C(=O)[C@@]1([2H])CC[C@H]2[C@@H]3CC[C@H]4C[C@@](O)(CC)CC[C@]4(C)[C@H]3CC[C@@]21C.[2H]C([2H])([2H])C(=O)[C@@]1([2H])CC[C@H]2[C@@H]3CC[C@H]4C[C@@](O)(CC)CC[C@]4(C)[C@H]3CC[C@@]21C. The molecule has 1 saturated heterocycles. The lowest BCUT2D eigenvalue weighted by Crippen LogP contribution is -2.56. The number of alkyl halides is 1. The van der Waals surface area contributed by atoms with E-state index >= 15 is 0 Å². The number of nitrogens with zero attached hydrogens (tertiary/aromatic N) is 2.